The fraction of sp³-hybridized carbons (Fsp3) is 0.174. The van der Waals surface area contributed by atoms with E-state index in [1.165, 1.54) is 4.90 Å². The van der Waals surface area contributed by atoms with Crippen molar-refractivity contribution in [2.45, 2.75) is 18.4 Å². The Kier molecular flexibility index (Phi) is 4.51. The van der Waals surface area contributed by atoms with Gasteiger partial charge in [0, 0.05) is 23.4 Å². The first-order valence-electron chi connectivity index (χ1n) is 9.90. The lowest BCUT2D eigenvalue weighted by atomic mass is 9.93. The van der Waals surface area contributed by atoms with Crippen LogP contribution in [0.5, 0.6) is 0 Å². The van der Waals surface area contributed by atoms with Crippen LogP contribution in [-0.2, 0) is 18.4 Å². The van der Waals surface area contributed by atoms with Crippen LogP contribution >= 0.6 is 11.3 Å². The molecule has 0 unspecified atom stereocenters. The summed E-state index contributed by atoms with van der Waals surface area (Å²) in [5, 5.41) is 13.0. The number of nitrogens with zero attached hydrogens (tertiary/aromatic N) is 2. The molecule has 0 saturated heterocycles. The van der Waals surface area contributed by atoms with Gasteiger partial charge in [-0.1, -0.05) is 36.4 Å². The third-order valence-electron chi connectivity index (χ3n) is 5.69. The molecule has 2 aromatic carbocycles. The number of allylic oxidation sites excluding steroid dienone is 2. The van der Waals surface area contributed by atoms with Gasteiger partial charge >= 0.3 is 6.09 Å². The molecule has 0 bridgehead atoms. The van der Waals surface area contributed by atoms with Crippen LogP contribution in [0.3, 0.4) is 0 Å². The summed E-state index contributed by atoms with van der Waals surface area (Å²) in [6, 6.07) is 14.6. The minimum Gasteiger partial charge on any atom is -0.465 e. The van der Waals surface area contributed by atoms with Crippen molar-refractivity contribution in [2.75, 3.05) is 17.6 Å². The summed E-state index contributed by atoms with van der Waals surface area (Å²) >= 11 is 1.56. The Morgan fingerprint density at radius 3 is 2.55 bits per heavy atom. The number of amides is 2. The highest BCUT2D eigenvalue weighted by Crippen LogP contribution is 2.47. The molecule has 3 aromatic rings. The van der Waals surface area contributed by atoms with Crippen molar-refractivity contribution in [3.8, 4) is 0 Å². The number of fused-ring (bicyclic) bond motifs is 1. The number of nitrogen functional groups attached to an aromatic ring is 1. The second-order valence-electron chi connectivity index (χ2n) is 7.66. The third-order valence-corrected chi connectivity index (χ3v) is 6.92. The molecule has 7 nitrogen and oxygen atoms in total. The summed E-state index contributed by atoms with van der Waals surface area (Å²) in [4.78, 5) is 31.1. The lowest BCUT2D eigenvalue weighted by Crippen LogP contribution is -2.34. The summed E-state index contributed by atoms with van der Waals surface area (Å²) in [5.74, 6) is -0.222. The van der Waals surface area contributed by atoms with Gasteiger partial charge in [0.2, 0.25) is 0 Å². The first-order valence-corrected chi connectivity index (χ1v) is 10.7. The van der Waals surface area contributed by atoms with Gasteiger partial charge in [0.05, 0.1) is 29.0 Å². The molecule has 0 spiro atoms. The molecular formula is C23H20N4O3S. The van der Waals surface area contributed by atoms with Crippen LogP contribution in [0.4, 0.5) is 16.2 Å². The third kappa shape index (κ3) is 3.44. The first-order chi connectivity index (χ1) is 15.0. The van der Waals surface area contributed by atoms with E-state index < -0.39 is 6.09 Å². The molecule has 8 heteroatoms. The van der Waals surface area contributed by atoms with Crippen molar-refractivity contribution in [3.63, 3.8) is 0 Å². The Morgan fingerprint density at radius 1 is 1.13 bits per heavy atom. The molecule has 2 aliphatic rings. The number of hydrogen-bond acceptors (Lipinski definition) is 5. The topological polar surface area (TPSA) is 109 Å². The molecule has 5 rings (SSSR count). The zero-order valence-electron chi connectivity index (χ0n) is 16.5. The van der Waals surface area contributed by atoms with E-state index in [-0.39, 0.29) is 11.3 Å². The maximum atomic E-state index is 12.6. The molecule has 0 atom stereocenters. The predicted molar refractivity (Wildman–Crippen MR) is 119 cm³/mol. The quantitative estimate of drug-likeness (QED) is 0.428. The second kappa shape index (κ2) is 7.24. The molecular weight excluding hydrogens is 412 g/mol. The normalized spacial score (nSPS) is 15.9. The van der Waals surface area contributed by atoms with Gasteiger partial charge in [0.1, 0.15) is 5.01 Å². The van der Waals surface area contributed by atoms with Crippen LogP contribution < -0.4 is 11.1 Å². The molecule has 2 heterocycles. The minimum atomic E-state index is -0.897. The van der Waals surface area contributed by atoms with Crippen LogP contribution in [0.1, 0.15) is 31.5 Å². The lowest BCUT2D eigenvalue weighted by Gasteiger charge is -2.22. The highest BCUT2D eigenvalue weighted by molar-refractivity contribution is 7.12. The number of para-hydroxylation sites is 2. The molecule has 156 valence electrons. The summed E-state index contributed by atoms with van der Waals surface area (Å²) in [6.45, 7) is 0.863. The van der Waals surface area contributed by atoms with E-state index in [0.717, 1.165) is 21.1 Å². The Morgan fingerprint density at radius 2 is 1.87 bits per heavy atom. The Bertz CT molecular complexity index is 1210. The standard InChI is InChI=1S/C23H20N4O3S/c24-16-3-1-2-4-17(16)25-20(28)14-5-7-15(8-6-14)23(10-11-23)21-26-18-9-12-27(22(29)30)13-19(18)31-21/h1-8,10-11H,9,12-13,24H2,(H,25,28)(H,29,30). The molecule has 0 fully saturated rings. The average molecular weight is 433 g/mol. The number of benzene rings is 2. The van der Waals surface area contributed by atoms with E-state index in [0.29, 0.717) is 36.4 Å². The fourth-order valence-corrected chi connectivity index (χ4v) is 5.08. The maximum Gasteiger partial charge on any atom is 0.407 e. The summed E-state index contributed by atoms with van der Waals surface area (Å²) < 4.78 is 0. The van der Waals surface area contributed by atoms with Gasteiger partial charge in [0.25, 0.3) is 5.91 Å². The molecule has 4 N–H and O–H groups in total. The van der Waals surface area contributed by atoms with Crippen molar-refractivity contribution >= 4 is 34.7 Å². The van der Waals surface area contributed by atoms with E-state index in [2.05, 4.69) is 17.5 Å². The van der Waals surface area contributed by atoms with Gasteiger partial charge in [-0.15, -0.1) is 11.3 Å². The van der Waals surface area contributed by atoms with E-state index in [9.17, 15) is 14.7 Å². The molecule has 31 heavy (non-hydrogen) atoms. The number of carbonyl (C=O) groups is 2. The summed E-state index contributed by atoms with van der Waals surface area (Å²) in [6.07, 6.45) is 3.92. The first kappa shape index (κ1) is 19.3. The number of carbonyl (C=O) groups excluding carboxylic acids is 1. The SMILES string of the molecule is Nc1ccccc1NC(=O)c1ccc(C2(c3nc4c(s3)CN(C(=O)O)CC4)C=C2)cc1. The van der Waals surface area contributed by atoms with Gasteiger partial charge in [-0.25, -0.2) is 9.78 Å². The number of aromatic nitrogens is 1. The van der Waals surface area contributed by atoms with Crippen molar-refractivity contribution in [2.24, 2.45) is 0 Å². The van der Waals surface area contributed by atoms with Gasteiger partial charge in [0.15, 0.2) is 0 Å². The molecule has 1 aliphatic carbocycles. The largest absolute Gasteiger partial charge is 0.465 e. The number of rotatable bonds is 4. The molecule has 0 radical (unpaired) electrons. The number of anilines is 2. The number of nitrogens with two attached hydrogens (primary N) is 1. The molecule has 1 aliphatic heterocycles. The summed E-state index contributed by atoms with van der Waals surface area (Å²) in [7, 11) is 0. The number of carboxylic acid groups (broad SMARTS) is 1. The van der Waals surface area contributed by atoms with Crippen LogP contribution in [0.2, 0.25) is 0 Å². The van der Waals surface area contributed by atoms with E-state index in [1.54, 1.807) is 35.6 Å². The number of nitrogens with one attached hydrogen (secondary N) is 1. The van der Waals surface area contributed by atoms with Crippen molar-refractivity contribution in [3.05, 3.63) is 87.4 Å². The number of hydrogen-bond donors (Lipinski definition) is 3. The van der Waals surface area contributed by atoms with Crippen LogP contribution in [0.15, 0.2) is 60.7 Å². The number of thiazole rings is 1. The van der Waals surface area contributed by atoms with Gasteiger partial charge in [-0.2, -0.15) is 0 Å². The summed E-state index contributed by atoms with van der Waals surface area (Å²) in [5.41, 5.74) is 9.20. The fourth-order valence-electron chi connectivity index (χ4n) is 3.78. The van der Waals surface area contributed by atoms with Crippen LogP contribution in [-0.4, -0.2) is 33.5 Å². The predicted octanol–water partition coefficient (Wildman–Crippen LogP) is 3.87. The smallest absolute Gasteiger partial charge is 0.407 e. The molecule has 1 aromatic heterocycles. The monoisotopic (exact) mass is 432 g/mol. The molecule has 2 amide bonds. The van der Waals surface area contributed by atoms with Crippen molar-refractivity contribution < 1.29 is 14.7 Å². The average Bonchev–Trinajstić information content (AvgIpc) is 3.47. The highest BCUT2D eigenvalue weighted by atomic mass is 32.1. The molecule has 0 saturated carbocycles. The van der Waals surface area contributed by atoms with Crippen LogP contribution in [0, 0.1) is 0 Å². The highest BCUT2D eigenvalue weighted by Gasteiger charge is 2.42. The van der Waals surface area contributed by atoms with Crippen molar-refractivity contribution in [1.82, 2.24) is 9.88 Å². The van der Waals surface area contributed by atoms with Gasteiger partial charge in [-0.3, -0.25) is 4.79 Å². The van der Waals surface area contributed by atoms with Gasteiger partial charge in [-0.05, 0) is 29.8 Å². The van der Waals surface area contributed by atoms with Crippen LogP contribution in [0.25, 0.3) is 0 Å². The Hall–Kier alpha value is -3.65. The Balaban J connectivity index is 1.35. The van der Waals surface area contributed by atoms with E-state index in [1.807, 2.05) is 24.3 Å². The van der Waals surface area contributed by atoms with E-state index >= 15 is 0 Å². The van der Waals surface area contributed by atoms with E-state index in [4.69, 9.17) is 10.7 Å². The van der Waals surface area contributed by atoms with Crippen molar-refractivity contribution in [1.29, 1.82) is 0 Å². The lowest BCUT2D eigenvalue weighted by molar-refractivity contribution is 0.102. The zero-order chi connectivity index (χ0) is 21.6. The zero-order valence-corrected chi connectivity index (χ0v) is 17.4. The van der Waals surface area contributed by atoms with Gasteiger partial charge < -0.3 is 21.1 Å². The minimum absolute atomic E-state index is 0.222. The second-order valence-corrected chi connectivity index (χ2v) is 8.75. The Labute approximate surface area is 182 Å². The maximum absolute atomic E-state index is 12.6.